The van der Waals surface area contributed by atoms with Crippen molar-refractivity contribution in [2.24, 2.45) is 0 Å². The highest BCUT2D eigenvalue weighted by atomic mass is 35.5. The smallest absolute Gasteiger partial charge is 0.216 e. The predicted molar refractivity (Wildman–Crippen MR) is 106 cm³/mol. The van der Waals surface area contributed by atoms with Crippen LogP contribution in [0.3, 0.4) is 0 Å². The van der Waals surface area contributed by atoms with Gasteiger partial charge < -0.3 is 5.11 Å². The average Bonchev–Trinajstić information content (AvgIpc) is 3.11. The standard InChI is InChI=1S/C19H18ClNO3S2/c20-17-9-5-4-8-15(17)13-26(23,24)21-12-16-10-11-18(25-16)19(22)14-6-2-1-3-7-14/h1-11,19,21-22H,12-13H2. The Bertz CT molecular complexity index is 971. The Morgan fingerprint density at radius 3 is 2.42 bits per heavy atom. The zero-order chi connectivity index (χ0) is 18.6. The molecule has 1 unspecified atom stereocenters. The third-order valence-electron chi connectivity index (χ3n) is 3.84. The molecule has 4 nitrogen and oxygen atoms in total. The second-order valence-electron chi connectivity index (χ2n) is 5.79. The summed E-state index contributed by atoms with van der Waals surface area (Å²) < 4.78 is 27.1. The van der Waals surface area contributed by atoms with Crippen LogP contribution in [0.1, 0.15) is 27.0 Å². The minimum atomic E-state index is -3.51. The monoisotopic (exact) mass is 407 g/mol. The molecule has 1 aromatic heterocycles. The molecule has 2 aromatic carbocycles. The van der Waals surface area contributed by atoms with Crippen molar-refractivity contribution in [3.05, 3.63) is 92.6 Å². The fourth-order valence-electron chi connectivity index (χ4n) is 2.49. The van der Waals surface area contributed by atoms with Gasteiger partial charge in [0, 0.05) is 21.3 Å². The lowest BCUT2D eigenvalue weighted by molar-refractivity contribution is 0.224. The van der Waals surface area contributed by atoms with Crippen molar-refractivity contribution in [3.63, 3.8) is 0 Å². The highest BCUT2D eigenvalue weighted by molar-refractivity contribution is 7.88. The molecule has 2 N–H and O–H groups in total. The number of nitrogens with one attached hydrogen (secondary N) is 1. The van der Waals surface area contributed by atoms with E-state index in [0.29, 0.717) is 10.6 Å². The van der Waals surface area contributed by atoms with Crippen molar-refractivity contribution in [2.45, 2.75) is 18.4 Å². The van der Waals surface area contributed by atoms with Crippen LogP contribution in [-0.2, 0) is 22.3 Å². The maximum absolute atomic E-state index is 12.3. The van der Waals surface area contributed by atoms with Crippen LogP contribution in [0.4, 0.5) is 0 Å². The molecule has 136 valence electrons. The molecule has 0 aliphatic rings. The molecule has 0 saturated carbocycles. The first-order valence-electron chi connectivity index (χ1n) is 7.97. The lowest BCUT2D eigenvalue weighted by Gasteiger charge is -2.08. The number of hydrogen-bond acceptors (Lipinski definition) is 4. The van der Waals surface area contributed by atoms with E-state index in [1.165, 1.54) is 11.3 Å². The Morgan fingerprint density at radius 1 is 1.00 bits per heavy atom. The molecule has 3 rings (SSSR count). The van der Waals surface area contributed by atoms with Gasteiger partial charge >= 0.3 is 0 Å². The van der Waals surface area contributed by atoms with Gasteiger partial charge in [0.05, 0.1) is 5.75 Å². The van der Waals surface area contributed by atoms with E-state index in [2.05, 4.69) is 4.72 Å². The lowest BCUT2D eigenvalue weighted by Crippen LogP contribution is -2.24. The molecule has 7 heteroatoms. The molecule has 26 heavy (non-hydrogen) atoms. The van der Waals surface area contributed by atoms with Gasteiger partial charge in [-0.3, -0.25) is 0 Å². The van der Waals surface area contributed by atoms with Gasteiger partial charge in [-0.2, -0.15) is 0 Å². The molecular weight excluding hydrogens is 390 g/mol. The van der Waals surface area contributed by atoms with E-state index in [1.807, 2.05) is 42.5 Å². The van der Waals surface area contributed by atoms with Gasteiger partial charge in [0.25, 0.3) is 0 Å². The van der Waals surface area contributed by atoms with Crippen LogP contribution in [0, 0.1) is 0 Å². The maximum atomic E-state index is 12.3. The first-order valence-corrected chi connectivity index (χ1v) is 10.8. The zero-order valence-corrected chi connectivity index (χ0v) is 16.2. The number of benzene rings is 2. The Balaban J connectivity index is 1.63. The Hall–Kier alpha value is -1.70. The van der Waals surface area contributed by atoms with E-state index < -0.39 is 16.1 Å². The number of thiophene rings is 1. The summed E-state index contributed by atoms with van der Waals surface area (Å²) in [5.41, 5.74) is 1.37. The molecule has 1 atom stereocenters. The number of aliphatic hydroxyl groups excluding tert-OH is 1. The van der Waals surface area contributed by atoms with Gasteiger partial charge in [-0.1, -0.05) is 60.1 Å². The minimum absolute atomic E-state index is 0.169. The molecule has 0 fully saturated rings. The summed E-state index contributed by atoms with van der Waals surface area (Å²) in [6.07, 6.45) is -0.713. The van der Waals surface area contributed by atoms with Crippen molar-refractivity contribution in [2.75, 3.05) is 0 Å². The van der Waals surface area contributed by atoms with Gasteiger partial charge in [0.2, 0.25) is 10.0 Å². The van der Waals surface area contributed by atoms with Crippen LogP contribution in [0.5, 0.6) is 0 Å². The molecule has 0 bridgehead atoms. The molecule has 0 radical (unpaired) electrons. The molecule has 1 heterocycles. The molecule has 0 spiro atoms. The van der Waals surface area contributed by atoms with Crippen LogP contribution in [-0.4, -0.2) is 13.5 Å². The van der Waals surface area contributed by atoms with Gasteiger partial charge in [0.1, 0.15) is 6.10 Å². The Morgan fingerprint density at radius 2 is 1.69 bits per heavy atom. The number of rotatable bonds is 7. The lowest BCUT2D eigenvalue weighted by atomic mass is 10.1. The minimum Gasteiger partial charge on any atom is -0.383 e. The van der Waals surface area contributed by atoms with E-state index in [1.54, 1.807) is 24.3 Å². The van der Waals surface area contributed by atoms with Crippen LogP contribution in [0.15, 0.2) is 66.7 Å². The molecule has 0 amide bonds. The number of halogens is 1. The van der Waals surface area contributed by atoms with Crippen molar-refractivity contribution in [1.29, 1.82) is 0 Å². The molecule has 0 saturated heterocycles. The summed E-state index contributed by atoms with van der Waals surface area (Å²) >= 11 is 7.41. The third kappa shape index (κ3) is 4.93. The van der Waals surface area contributed by atoms with E-state index in [0.717, 1.165) is 15.3 Å². The molecule has 0 aliphatic heterocycles. The van der Waals surface area contributed by atoms with Crippen molar-refractivity contribution < 1.29 is 13.5 Å². The fraction of sp³-hybridized carbons (Fsp3) is 0.158. The fourth-order valence-corrected chi connectivity index (χ4v) is 4.97. The SMILES string of the molecule is O=S(=O)(Cc1ccccc1Cl)NCc1ccc(C(O)c2ccccc2)s1. The van der Waals surface area contributed by atoms with Crippen LogP contribution >= 0.6 is 22.9 Å². The number of hydrogen-bond donors (Lipinski definition) is 2. The van der Waals surface area contributed by atoms with E-state index in [-0.39, 0.29) is 12.3 Å². The van der Waals surface area contributed by atoms with Gasteiger partial charge in [0.15, 0.2) is 0 Å². The van der Waals surface area contributed by atoms with Crippen LogP contribution < -0.4 is 4.72 Å². The zero-order valence-electron chi connectivity index (χ0n) is 13.8. The highest BCUT2D eigenvalue weighted by Crippen LogP contribution is 2.28. The first kappa shape index (κ1) is 19.1. The van der Waals surface area contributed by atoms with Gasteiger partial charge in [-0.15, -0.1) is 11.3 Å². The predicted octanol–water partition coefficient (Wildman–Crippen LogP) is 4.10. The van der Waals surface area contributed by atoms with E-state index >= 15 is 0 Å². The number of sulfonamides is 1. The maximum Gasteiger partial charge on any atom is 0.216 e. The number of aliphatic hydroxyl groups is 1. The normalized spacial score (nSPS) is 12.8. The molecule has 0 aliphatic carbocycles. The summed E-state index contributed by atoms with van der Waals surface area (Å²) in [7, 11) is -3.51. The van der Waals surface area contributed by atoms with Crippen LogP contribution in [0.25, 0.3) is 0 Å². The summed E-state index contributed by atoms with van der Waals surface area (Å²) in [6, 6.07) is 19.9. The van der Waals surface area contributed by atoms with Crippen molar-refractivity contribution >= 4 is 33.0 Å². The Kier molecular flexibility index (Phi) is 6.11. The summed E-state index contributed by atoms with van der Waals surface area (Å²) in [5, 5.41) is 10.8. The van der Waals surface area contributed by atoms with Gasteiger partial charge in [-0.05, 0) is 29.3 Å². The quantitative estimate of drug-likeness (QED) is 0.619. The summed E-state index contributed by atoms with van der Waals surface area (Å²) in [6.45, 7) is 0.180. The summed E-state index contributed by atoms with van der Waals surface area (Å²) in [5.74, 6) is -0.169. The van der Waals surface area contributed by atoms with Crippen molar-refractivity contribution in [3.8, 4) is 0 Å². The molecule has 3 aromatic rings. The van der Waals surface area contributed by atoms with E-state index in [9.17, 15) is 13.5 Å². The topological polar surface area (TPSA) is 66.4 Å². The van der Waals surface area contributed by atoms with Gasteiger partial charge in [-0.25, -0.2) is 13.1 Å². The largest absolute Gasteiger partial charge is 0.383 e. The first-order chi connectivity index (χ1) is 12.4. The highest BCUT2D eigenvalue weighted by Gasteiger charge is 2.16. The molecular formula is C19H18ClNO3S2. The second kappa shape index (κ2) is 8.33. The third-order valence-corrected chi connectivity index (χ3v) is 6.62. The van der Waals surface area contributed by atoms with E-state index in [4.69, 9.17) is 11.6 Å². The van der Waals surface area contributed by atoms with Crippen LogP contribution in [0.2, 0.25) is 5.02 Å². The van der Waals surface area contributed by atoms with Crippen molar-refractivity contribution in [1.82, 2.24) is 4.72 Å². The summed E-state index contributed by atoms with van der Waals surface area (Å²) in [4.78, 5) is 1.61. The second-order valence-corrected chi connectivity index (χ2v) is 9.20. The average molecular weight is 408 g/mol. The Labute approximate surface area is 162 Å².